The maximum Gasteiger partial charge on any atom is 0.326 e. The summed E-state index contributed by atoms with van der Waals surface area (Å²) in [5.74, 6) is -1.30. The number of aryl methyl sites for hydroxylation is 3. The largest absolute Gasteiger partial charge is 0.480 e. The zero-order valence-electron chi connectivity index (χ0n) is 18.9. The summed E-state index contributed by atoms with van der Waals surface area (Å²) in [6.45, 7) is 5.43. The zero-order valence-corrected chi connectivity index (χ0v) is 18.9. The third-order valence-electron chi connectivity index (χ3n) is 5.80. The third-order valence-corrected chi connectivity index (χ3v) is 5.80. The summed E-state index contributed by atoms with van der Waals surface area (Å²) >= 11 is 0. The number of carboxylic acid groups (broad SMARTS) is 1. The van der Waals surface area contributed by atoms with Crippen molar-refractivity contribution in [1.29, 1.82) is 0 Å². The van der Waals surface area contributed by atoms with Crippen molar-refractivity contribution in [3.63, 3.8) is 0 Å². The summed E-state index contributed by atoms with van der Waals surface area (Å²) in [6, 6.07) is 11.7. The lowest BCUT2D eigenvalue weighted by molar-refractivity contribution is -0.141. The lowest BCUT2D eigenvalue weighted by Gasteiger charge is -2.19. The molecule has 0 saturated carbocycles. The first-order chi connectivity index (χ1) is 15.7. The molecule has 0 bridgehead atoms. The predicted octanol–water partition coefficient (Wildman–Crippen LogP) is 4.85. The molecule has 0 spiro atoms. The van der Waals surface area contributed by atoms with Gasteiger partial charge in [0.15, 0.2) is 0 Å². The van der Waals surface area contributed by atoms with Gasteiger partial charge in [0.25, 0.3) is 5.56 Å². The Morgan fingerprint density at radius 2 is 1.85 bits per heavy atom. The highest BCUT2D eigenvalue weighted by Gasteiger charge is 2.23. The Morgan fingerprint density at radius 1 is 1.09 bits per heavy atom. The smallest absolute Gasteiger partial charge is 0.326 e. The van der Waals surface area contributed by atoms with E-state index in [4.69, 9.17) is 0 Å². The molecule has 4 aromatic rings. The molecule has 2 heterocycles. The number of halogens is 1. The van der Waals surface area contributed by atoms with E-state index in [0.717, 1.165) is 21.9 Å². The summed E-state index contributed by atoms with van der Waals surface area (Å²) in [5, 5.41) is 11.5. The molecule has 2 aromatic heterocycles. The molecule has 0 amide bonds. The second-order valence-electron chi connectivity index (χ2n) is 8.83. The van der Waals surface area contributed by atoms with Crippen LogP contribution in [0.5, 0.6) is 0 Å². The minimum absolute atomic E-state index is 0.107. The summed E-state index contributed by atoms with van der Waals surface area (Å²) in [5.41, 5.74) is 2.61. The van der Waals surface area contributed by atoms with Gasteiger partial charge >= 0.3 is 5.97 Å². The Labute approximate surface area is 190 Å². The van der Waals surface area contributed by atoms with Crippen molar-refractivity contribution in [3.8, 4) is 0 Å². The number of rotatable bonds is 7. The van der Waals surface area contributed by atoms with E-state index in [-0.39, 0.29) is 17.4 Å². The Balaban J connectivity index is 1.71. The van der Waals surface area contributed by atoms with Gasteiger partial charge in [0.05, 0.1) is 16.7 Å². The van der Waals surface area contributed by atoms with Gasteiger partial charge in [-0.15, -0.1) is 0 Å². The Kier molecular flexibility index (Phi) is 6.22. The van der Waals surface area contributed by atoms with Crippen LogP contribution in [0.2, 0.25) is 0 Å². The van der Waals surface area contributed by atoms with Gasteiger partial charge < -0.3 is 5.11 Å². The molecular weight excluding hydrogens is 421 g/mol. The minimum atomic E-state index is -1.04. The van der Waals surface area contributed by atoms with Gasteiger partial charge in [-0.2, -0.15) is 0 Å². The normalized spacial score (nSPS) is 12.5. The van der Waals surface area contributed by atoms with Crippen LogP contribution in [0.3, 0.4) is 0 Å². The molecule has 170 valence electrons. The van der Waals surface area contributed by atoms with Crippen LogP contribution in [-0.4, -0.2) is 25.6 Å². The van der Waals surface area contributed by atoms with Gasteiger partial charge in [0, 0.05) is 23.0 Å². The van der Waals surface area contributed by atoms with Crippen molar-refractivity contribution in [1.82, 2.24) is 14.5 Å². The lowest BCUT2D eigenvalue weighted by atomic mass is 10.0. The Hall–Kier alpha value is -3.61. The molecule has 0 fully saturated rings. The predicted molar refractivity (Wildman–Crippen MR) is 126 cm³/mol. The van der Waals surface area contributed by atoms with Crippen molar-refractivity contribution >= 4 is 27.8 Å². The Bertz CT molecular complexity index is 1410. The molecule has 6 nitrogen and oxygen atoms in total. The molecule has 1 atom stereocenters. The number of carbonyl (C=O) groups is 1. The number of fused-ring (bicyclic) bond motifs is 2. The van der Waals surface area contributed by atoms with E-state index in [1.165, 1.54) is 22.9 Å². The molecule has 0 aliphatic rings. The van der Waals surface area contributed by atoms with Crippen LogP contribution in [-0.2, 0) is 17.6 Å². The van der Waals surface area contributed by atoms with Crippen molar-refractivity contribution in [3.05, 3.63) is 81.8 Å². The number of aliphatic carboxylic acids is 1. The van der Waals surface area contributed by atoms with E-state index in [9.17, 15) is 19.1 Å². The highest BCUT2D eigenvalue weighted by Crippen LogP contribution is 2.25. The summed E-state index contributed by atoms with van der Waals surface area (Å²) in [7, 11) is 0. The first-order valence-corrected chi connectivity index (χ1v) is 11.0. The topological polar surface area (TPSA) is 85.1 Å². The molecule has 4 rings (SSSR count). The van der Waals surface area contributed by atoms with Gasteiger partial charge in [-0.25, -0.2) is 14.2 Å². The van der Waals surface area contributed by atoms with Gasteiger partial charge in [0.1, 0.15) is 17.6 Å². The number of hydrogen-bond donors (Lipinski definition) is 1. The second kappa shape index (κ2) is 9.10. The van der Waals surface area contributed by atoms with Crippen LogP contribution in [0.15, 0.2) is 53.5 Å². The zero-order chi connectivity index (χ0) is 23.7. The fraction of sp³-hybridized carbons (Fsp3) is 0.308. The quantitative estimate of drug-likeness (QED) is 0.410. The number of aromatic nitrogens is 3. The van der Waals surface area contributed by atoms with Crippen LogP contribution in [0.4, 0.5) is 4.39 Å². The summed E-state index contributed by atoms with van der Waals surface area (Å²) < 4.78 is 15.6. The number of carboxylic acids is 1. The van der Waals surface area contributed by atoms with E-state index >= 15 is 0 Å². The van der Waals surface area contributed by atoms with E-state index in [0.29, 0.717) is 30.5 Å². The van der Waals surface area contributed by atoms with Gasteiger partial charge in [-0.05, 0) is 55.9 Å². The number of benzene rings is 2. The lowest BCUT2D eigenvalue weighted by Crippen LogP contribution is -2.33. The van der Waals surface area contributed by atoms with Crippen molar-refractivity contribution in [2.45, 2.75) is 46.1 Å². The molecule has 1 N–H and O–H groups in total. The van der Waals surface area contributed by atoms with E-state index in [2.05, 4.69) is 9.97 Å². The molecule has 0 saturated heterocycles. The Morgan fingerprint density at radius 3 is 2.58 bits per heavy atom. The molecule has 0 radical (unpaired) electrons. The second-order valence-corrected chi connectivity index (χ2v) is 8.83. The maximum atomic E-state index is 14.4. The average Bonchev–Trinajstić information content (AvgIpc) is 2.76. The highest BCUT2D eigenvalue weighted by atomic mass is 19.1. The van der Waals surface area contributed by atoms with E-state index in [1.54, 1.807) is 6.92 Å². The number of nitrogens with zero attached hydrogens (tertiary/aromatic N) is 3. The number of pyridine rings is 1. The van der Waals surface area contributed by atoms with Crippen LogP contribution in [0, 0.1) is 18.7 Å². The van der Waals surface area contributed by atoms with Crippen LogP contribution in [0.25, 0.3) is 21.8 Å². The molecular formula is C26H26FN3O3. The molecule has 0 aliphatic heterocycles. The minimum Gasteiger partial charge on any atom is -0.480 e. The maximum absolute atomic E-state index is 14.4. The van der Waals surface area contributed by atoms with Gasteiger partial charge in [-0.1, -0.05) is 32.0 Å². The number of hydrogen-bond acceptors (Lipinski definition) is 4. The highest BCUT2D eigenvalue weighted by molar-refractivity contribution is 5.94. The fourth-order valence-electron chi connectivity index (χ4n) is 4.21. The summed E-state index contributed by atoms with van der Waals surface area (Å²) in [4.78, 5) is 33.5. The first kappa shape index (κ1) is 22.6. The first-order valence-electron chi connectivity index (χ1n) is 11.0. The van der Waals surface area contributed by atoms with Crippen LogP contribution in [0.1, 0.15) is 43.3 Å². The average molecular weight is 448 g/mol. The monoisotopic (exact) mass is 447 g/mol. The van der Waals surface area contributed by atoms with Crippen LogP contribution >= 0.6 is 0 Å². The van der Waals surface area contributed by atoms with Crippen LogP contribution < -0.4 is 5.56 Å². The van der Waals surface area contributed by atoms with Crippen molar-refractivity contribution in [2.75, 3.05) is 0 Å². The van der Waals surface area contributed by atoms with Gasteiger partial charge in [0.2, 0.25) is 0 Å². The third kappa shape index (κ3) is 4.77. The van der Waals surface area contributed by atoms with Crippen molar-refractivity contribution in [2.24, 2.45) is 5.92 Å². The summed E-state index contributed by atoms with van der Waals surface area (Å²) in [6.07, 6.45) is 2.78. The molecule has 0 aliphatic carbocycles. The molecule has 33 heavy (non-hydrogen) atoms. The molecule has 0 unspecified atom stereocenters. The van der Waals surface area contributed by atoms with E-state index in [1.807, 2.05) is 44.2 Å². The number of para-hydroxylation sites is 1. The SMILES string of the molecule is Cc1nc(CCc2cc(F)cc3nc4ccccc4cc23)cn([C@@H](CC(C)C)C(=O)O)c1=O. The molecule has 7 heteroatoms. The van der Waals surface area contributed by atoms with Crippen molar-refractivity contribution < 1.29 is 14.3 Å². The standard InChI is InChI=1S/C26H26FN3O3/c1-15(2)10-24(26(32)33)30-14-20(28-16(3)25(30)31)9-8-17-11-19(27)13-23-21(17)12-18-6-4-5-7-22(18)29-23/h4-7,11-15,24H,8-10H2,1-3H3,(H,32,33)/t24-/m0/s1. The fourth-order valence-corrected chi connectivity index (χ4v) is 4.21. The molecule has 2 aromatic carbocycles. The van der Waals surface area contributed by atoms with E-state index < -0.39 is 17.6 Å². The van der Waals surface area contributed by atoms with Gasteiger partial charge in [-0.3, -0.25) is 14.3 Å².